The molecule has 0 saturated carbocycles. The van der Waals surface area contributed by atoms with Crippen molar-refractivity contribution >= 4 is 35.0 Å². The molecule has 1 aromatic heterocycles. The Balaban J connectivity index is 3.04. The first-order valence-corrected chi connectivity index (χ1v) is 4.64. The van der Waals surface area contributed by atoms with Crippen molar-refractivity contribution in [1.29, 1.82) is 0 Å². The third-order valence-electron chi connectivity index (χ3n) is 1.63. The molecule has 1 rings (SSSR count). The summed E-state index contributed by atoms with van der Waals surface area (Å²) in [6, 6.07) is 0. The zero-order chi connectivity index (χ0) is 11.6. The van der Waals surface area contributed by atoms with Crippen molar-refractivity contribution in [3.63, 3.8) is 0 Å². The number of aromatic nitrogens is 1. The zero-order valence-corrected chi connectivity index (χ0v) is 9.26. The van der Waals surface area contributed by atoms with Gasteiger partial charge in [-0.1, -0.05) is 23.2 Å². The monoisotopic (exact) mass is 250 g/mol. The lowest BCUT2D eigenvalue weighted by Crippen LogP contribution is -2.11. The number of carboxylic acid groups (broad SMARTS) is 1. The Hall–Kier alpha value is -1.20. The molecule has 0 aliphatic heterocycles. The van der Waals surface area contributed by atoms with Crippen LogP contribution in [0.5, 0.6) is 5.88 Å². The van der Waals surface area contributed by atoms with E-state index in [9.17, 15) is 4.79 Å². The van der Waals surface area contributed by atoms with Gasteiger partial charge in [0, 0.05) is 0 Å². The lowest BCUT2D eigenvalue weighted by molar-refractivity contribution is -0.139. The number of hydrogen-bond donors (Lipinski definition) is 2. The molecular formula is C8H8Cl2N2O3. The van der Waals surface area contributed by atoms with Crippen LogP contribution in [0.15, 0.2) is 0 Å². The van der Waals surface area contributed by atoms with Gasteiger partial charge >= 0.3 is 5.97 Å². The summed E-state index contributed by atoms with van der Waals surface area (Å²) in [5.74, 6) is -1.10. The number of carbonyl (C=O) groups is 1. The summed E-state index contributed by atoms with van der Waals surface area (Å²) in [6.07, 6.45) is 0. The first-order chi connectivity index (χ1) is 6.93. The van der Waals surface area contributed by atoms with Crippen molar-refractivity contribution < 1.29 is 14.6 Å². The second kappa shape index (κ2) is 4.55. The fraction of sp³-hybridized carbons (Fsp3) is 0.250. The van der Waals surface area contributed by atoms with Gasteiger partial charge in [-0.05, 0) is 12.5 Å². The van der Waals surface area contributed by atoms with Crippen molar-refractivity contribution in [2.75, 3.05) is 12.3 Å². The number of anilines is 1. The highest BCUT2D eigenvalue weighted by molar-refractivity contribution is 6.37. The van der Waals surface area contributed by atoms with E-state index < -0.39 is 12.6 Å². The quantitative estimate of drug-likeness (QED) is 0.854. The first kappa shape index (κ1) is 11.9. The van der Waals surface area contributed by atoms with E-state index in [2.05, 4.69) is 4.98 Å². The minimum atomic E-state index is -1.13. The molecule has 0 aliphatic carbocycles. The van der Waals surface area contributed by atoms with Crippen molar-refractivity contribution in [1.82, 2.24) is 4.98 Å². The largest absolute Gasteiger partial charge is 0.479 e. The lowest BCUT2D eigenvalue weighted by Gasteiger charge is -2.09. The normalized spacial score (nSPS) is 10.1. The molecule has 0 fully saturated rings. The molecule has 0 atom stereocenters. The SMILES string of the molecule is Cc1c(Cl)c(N)nc(OCC(=O)O)c1Cl. The van der Waals surface area contributed by atoms with Gasteiger partial charge in [-0.2, -0.15) is 4.98 Å². The molecule has 3 N–H and O–H groups in total. The molecule has 7 heteroatoms. The van der Waals surface area contributed by atoms with E-state index in [-0.39, 0.29) is 21.7 Å². The van der Waals surface area contributed by atoms with Crippen molar-refractivity contribution in [2.24, 2.45) is 0 Å². The van der Waals surface area contributed by atoms with Crippen LogP contribution >= 0.6 is 23.2 Å². The number of nitrogens with zero attached hydrogens (tertiary/aromatic N) is 1. The lowest BCUT2D eigenvalue weighted by atomic mass is 10.3. The molecule has 0 radical (unpaired) electrons. The topological polar surface area (TPSA) is 85.4 Å². The van der Waals surface area contributed by atoms with E-state index in [0.717, 1.165) is 0 Å². The smallest absolute Gasteiger partial charge is 0.341 e. The highest BCUT2D eigenvalue weighted by Crippen LogP contribution is 2.34. The Labute approximate surface area is 95.8 Å². The molecule has 0 amide bonds. The van der Waals surface area contributed by atoms with Gasteiger partial charge in [-0.3, -0.25) is 0 Å². The van der Waals surface area contributed by atoms with E-state index >= 15 is 0 Å². The van der Waals surface area contributed by atoms with Gasteiger partial charge in [0.25, 0.3) is 0 Å². The number of rotatable bonds is 3. The van der Waals surface area contributed by atoms with Crippen LogP contribution in [0.2, 0.25) is 10.0 Å². The molecule has 0 spiro atoms. The van der Waals surface area contributed by atoms with E-state index in [1.165, 1.54) is 0 Å². The minimum Gasteiger partial charge on any atom is -0.479 e. The Morgan fingerprint density at radius 3 is 2.67 bits per heavy atom. The van der Waals surface area contributed by atoms with E-state index in [0.29, 0.717) is 5.56 Å². The second-order valence-electron chi connectivity index (χ2n) is 2.74. The second-order valence-corrected chi connectivity index (χ2v) is 3.49. The van der Waals surface area contributed by atoms with Crippen LogP contribution in [-0.4, -0.2) is 22.7 Å². The van der Waals surface area contributed by atoms with Crippen LogP contribution in [0.25, 0.3) is 0 Å². The molecule has 0 saturated heterocycles. The zero-order valence-electron chi connectivity index (χ0n) is 7.75. The van der Waals surface area contributed by atoms with Crippen molar-refractivity contribution in [3.05, 3.63) is 15.6 Å². The van der Waals surface area contributed by atoms with Gasteiger partial charge in [0.1, 0.15) is 10.8 Å². The van der Waals surface area contributed by atoms with Crippen molar-refractivity contribution in [3.8, 4) is 5.88 Å². The molecule has 0 unspecified atom stereocenters. The Bertz CT molecular complexity index is 409. The minimum absolute atomic E-state index is 0.0292. The molecule has 15 heavy (non-hydrogen) atoms. The van der Waals surface area contributed by atoms with E-state index in [4.69, 9.17) is 38.8 Å². The number of pyridine rings is 1. The number of nitrogens with two attached hydrogens (primary N) is 1. The van der Waals surface area contributed by atoms with Gasteiger partial charge < -0.3 is 15.6 Å². The van der Waals surface area contributed by atoms with Gasteiger partial charge in [-0.15, -0.1) is 0 Å². The summed E-state index contributed by atoms with van der Waals surface area (Å²) >= 11 is 11.6. The fourth-order valence-corrected chi connectivity index (χ4v) is 1.26. The Morgan fingerprint density at radius 1 is 1.53 bits per heavy atom. The van der Waals surface area contributed by atoms with E-state index in [1.807, 2.05) is 0 Å². The van der Waals surface area contributed by atoms with Crippen LogP contribution in [0.3, 0.4) is 0 Å². The van der Waals surface area contributed by atoms with Gasteiger partial charge in [-0.25, -0.2) is 4.79 Å². The van der Waals surface area contributed by atoms with Crippen LogP contribution in [0, 0.1) is 6.92 Å². The maximum Gasteiger partial charge on any atom is 0.341 e. The number of halogens is 2. The summed E-state index contributed by atoms with van der Waals surface area (Å²) in [7, 11) is 0. The number of nitrogen functional groups attached to an aromatic ring is 1. The van der Waals surface area contributed by atoms with Gasteiger partial charge in [0.2, 0.25) is 5.88 Å². The average Bonchev–Trinajstić information content (AvgIpc) is 2.18. The van der Waals surface area contributed by atoms with Crippen LogP contribution < -0.4 is 10.5 Å². The highest BCUT2D eigenvalue weighted by atomic mass is 35.5. The predicted octanol–water partition coefficient (Wildman–Crippen LogP) is 1.74. The number of ether oxygens (including phenoxy) is 1. The van der Waals surface area contributed by atoms with Gasteiger partial charge in [0.15, 0.2) is 6.61 Å². The maximum atomic E-state index is 10.3. The molecule has 0 aliphatic rings. The molecule has 82 valence electrons. The third kappa shape index (κ3) is 2.64. The number of hydrogen-bond acceptors (Lipinski definition) is 4. The summed E-state index contributed by atoms with van der Waals surface area (Å²) in [4.78, 5) is 14.0. The maximum absolute atomic E-state index is 10.3. The summed E-state index contributed by atoms with van der Waals surface area (Å²) in [6.45, 7) is 1.10. The summed E-state index contributed by atoms with van der Waals surface area (Å²) in [5, 5.41) is 8.81. The fourth-order valence-electron chi connectivity index (χ4n) is 0.882. The molecule has 1 aromatic rings. The molecular weight excluding hydrogens is 243 g/mol. The van der Waals surface area contributed by atoms with Crippen LogP contribution in [0.1, 0.15) is 5.56 Å². The molecule has 1 heterocycles. The Kier molecular flexibility index (Phi) is 3.60. The molecule has 5 nitrogen and oxygen atoms in total. The van der Waals surface area contributed by atoms with Gasteiger partial charge in [0.05, 0.1) is 5.02 Å². The van der Waals surface area contributed by atoms with Crippen molar-refractivity contribution in [2.45, 2.75) is 6.92 Å². The van der Waals surface area contributed by atoms with Crippen LogP contribution in [0.4, 0.5) is 5.82 Å². The summed E-state index contributed by atoms with van der Waals surface area (Å²) in [5.41, 5.74) is 5.97. The summed E-state index contributed by atoms with van der Waals surface area (Å²) < 4.78 is 4.83. The first-order valence-electron chi connectivity index (χ1n) is 3.89. The number of carboxylic acids is 1. The average molecular weight is 251 g/mol. The van der Waals surface area contributed by atoms with Crippen LogP contribution in [-0.2, 0) is 4.79 Å². The highest BCUT2D eigenvalue weighted by Gasteiger charge is 2.14. The third-order valence-corrected chi connectivity index (χ3v) is 2.55. The van der Waals surface area contributed by atoms with E-state index in [1.54, 1.807) is 6.92 Å². The number of aliphatic carboxylic acids is 1. The standard InChI is InChI=1S/C8H8Cl2N2O3/c1-3-5(9)7(11)12-8(6(3)10)15-2-4(13)14/h2H2,1H3,(H2,11,12)(H,13,14). The molecule has 0 aromatic carbocycles. The molecule has 0 bridgehead atoms. The Morgan fingerprint density at radius 2 is 2.13 bits per heavy atom. The predicted molar refractivity (Wildman–Crippen MR) is 56.5 cm³/mol.